The van der Waals surface area contributed by atoms with E-state index in [0.717, 1.165) is 5.56 Å². The Morgan fingerprint density at radius 1 is 1.44 bits per heavy atom. The van der Waals surface area contributed by atoms with Gasteiger partial charge in [0.05, 0.1) is 12.7 Å². The molecule has 0 unspecified atom stereocenters. The largest absolute Gasteiger partial charge is 0.469 e. The zero-order valence-electron chi connectivity index (χ0n) is 9.42. The number of aromatic nitrogens is 1. The number of aliphatic hydroxyl groups is 1. The SMILES string of the molecule is O=P(O)(O)O[C@H]1C[C@H](c2ccncc2)O[C@@H]1CO. The molecule has 1 aliphatic heterocycles. The van der Waals surface area contributed by atoms with Gasteiger partial charge in [0.15, 0.2) is 0 Å². The van der Waals surface area contributed by atoms with Gasteiger partial charge in [-0.1, -0.05) is 0 Å². The molecule has 1 fully saturated rings. The molecule has 100 valence electrons. The summed E-state index contributed by atoms with van der Waals surface area (Å²) in [5, 5.41) is 9.13. The van der Waals surface area contributed by atoms with Crippen molar-refractivity contribution in [2.24, 2.45) is 0 Å². The Balaban J connectivity index is 2.09. The van der Waals surface area contributed by atoms with Crippen LogP contribution in [-0.2, 0) is 13.8 Å². The molecule has 1 saturated heterocycles. The van der Waals surface area contributed by atoms with Gasteiger partial charge in [0.1, 0.15) is 12.2 Å². The summed E-state index contributed by atoms with van der Waals surface area (Å²) < 4.78 is 20.9. The second kappa shape index (κ2) is 5.44. The first-order chi connectivity index (χ1) is 8.49. The third-order valence-electron chi connectivity index (χ3n) is 2.73. The number of pyridine rings is 1. The zero-order chi connectivity index (χ0) is 13.2. The molecule has 2 rings (SSSR count). The van der Waals surface area contributed by atoms with Crippen molar-refractivity contribution in [1.82, 2.24) is 4.98 Å². The molecular formula is C10H14NO6P. The highest BCUT2D eigenvalue weighted by molar-refractivity contribution is 7.46. The Hall–Kier alpha value is -0.820. The van der Waals surface area contributed by atoms with Gasteiger partial charge in [-0.25, -0.2) is 4.57 Å². The molecule has 1 aromatic rings. The Kier molecular flexibility index (Phi) is 4.11. The van der Waals surface area contributed by atoms with Crippen molar-refractivity contribution in [3.8, 4) is 0 Å². The minimum absolute atomic E-state index is 0.278. The number of phosphoric acid groups is 1. The lowest BCUT2D eigenvalue weighted by atomic mass is 10.1. The third kappa shape index (κ3) is 3.35. The van der Waals surface area contributed by atoms with Crippen LogP contribution in [0.4, 0.5) is 0 Å². The van der Waals surface area contributed by atoms with Crippen LogP contribution >= 0.6 is 7.82 Å². The topological polar surface area (TPSA) is 109 Å². The highest BCUT2D eigenvalue weighted by Gasteiger charge is 2.39. The first kappa shape index (κ1) is 13.6. The summed E-state index contributed by atoms with van der Waals surface area (Å²) in [5.74, 6) is 0. The summed E-state index contributed by atoms with van der Waals surface area (Å²) in [6, 6.07) is 3.50. The maximum atomic E-state index is 10.8. The van der Waals surface area contributed by atoms with E-state index in [4.69, 9.17) is 19.6 Å². The van der Waals surface area contributed by atoms with Crippen LogP contribution in [0.3, 0.4) is 0 Å². The van der Waals surface area contributed by atoms with E-state index in [0.29, 0.717) is 0 Å². The lowest BCUT2D eigenvalue weighted by Gasteiger charge is -2.16. The molecule has 0 aliphatic carbocycles. The van der Waals surface area contributed by atoms with Crippen LogP contribution in [0.2, 0.25) is 0 Å². The van der Waals surface area contributed by atoms with Gasteiger partial charge >= 0.3 is 7.82 Å². The van der Waals surface area contributed by atoms with Gasteiger partial charge < -0.3 is 19.6 Å². The van der Waals surface area contributed by atoms with Gasteiger partial charge in [0.25, 0.3) is 0 Å². The van der Waals surface area contributed by atoms with E-state index in [1.807, 2.05) is 0 Å². The number of ether oxygens (including phenoxy) is 1. The summed E-state index contributed by atoms with van der Waals surface area (Å²) in [6.45, 7) is -0.355. The maximum Gasteiger partial charge on any atom is 0.469 e. The minimum Gasteiger partial charge on any atom is -0.394 e. The molecule has 1 aromatic heterocycles. The molecule has 3 N–H and O–H groups in total. The highest BCUT2D eigenvalue weighted by Crippen LogP contribution is 2.44. The van der Waals surface area contributed by atoms with Crippen molar-refractivity contribution >= 4 is 7.82 Å². The number of hydrogen-bond donors (Lipinski definition) is 3. The Bertz CT molecular complexity index is 435. The first-order valence-electron chi connectivity index (χ1n) is 5.40. The molecule has 8 heteroatoms. The van der Waals surface area contributed by atoms with Crippen molar-refractivity contribution in [2.75, 3.05) is 6.61 Å². The van der Waals surface area contributed by atoms with Crippen LogP contribution in [0.15, 0.2) is 24.5 Å². The number of hydrogen-bond acceptors (Lipinski definition) is 5. The van der Waals surface area contributed by atoms with Gasteiger partial charge in [-0.05, 0) is 17.7 Å². The number of rotatable bonds is 4. The standard InChI is InChI=1S/C10H14NO6P/c12-6-10-9(17-18(13,14)15)5-8(16-10)7-1-3-11-4-2-7/h1-4,8-10,12H,5-6H2,(H2,13,14,15)/t8-,9+,10-/m1/s1. The van der Waals surface area contributed by atoms with E-state index in [-0.39, 0.29) is 19.1 Å². The molecule has 0 spiro atoms. The molecule has 0 aromatic carbocycles. The fourth-order valence-corrected chi connectivity index (χ4v) is 2.53. The van der Waals surface area contributed by atoms with Crippen molar-refractivity contribution in [1.29, 1.82) is 0 Å². The number of aliphatic hydroxyl groups excluding tert-OH is 1. The Morgan fingerprint density at radius 2 is 2.11 bits per heavy atom. The smallest absolute Gasteiger partial charge is 0.394 e. The normalized spacial score (nSPS) is 28.5. The molecule has 0 bridgehead atoms. The average molecular weight is 275 g/mol. The lowest BCUT2D eigenvalue weighted by molar-refractivity contribution is -0.0221. The molecule has 0 radical (unpaired) electrons. The fraction of sp³-hybridized carbons (Fsp3) is 0.500. The van der Waals surface area contributed by atoms with Crippen LogP contribution in [0.5, 0.6) is 0 Å². The fourth-order valence-electron chi connectivity index (χ4n) is 1.96. The molecule has 2 heterocycles. The molecule has 7 nitrogen and oxygen atoms in total. The second-order valence-electron chi connectivity index (χ2n) is 4.00. The van der Waals surface area contributed by atoms with Crippen LogP contribution in [0.25, 0.3) is 0 Å². The Labute approximate surface area is 104 Å². The number of phosphoric ester groups is 1. The summed E-state index contributed by atoms with van der Waals surface area (Å²) in [4.78, 5) is 21.5. The number of nitrogens with zero attached hydrogens (tertiary/aromatic N) is 1. The zero-order valence-corrected chi connectivity index (χ0v) is 10.3. The summed E-state index contributed by atoms with van der Waals surface area (Å²) in [6.07, 6.45) is 1.56. The van der Waals surface area contributed by atoms with E-state index in [2.05, 4.69) is 9.51 Å². The van der Waals surface area contributed by atoms with E-state index >= 15 is 0 Å². The second-order valence-corrected chi connectivity index (χ2v) is 5.19. The van der Waals surface area contributed by atoms with E-state index < -0.39 is 20.0 Å². The molecule has 3 atom stereocenters. The minimum atomic E-state index is -4.59. The summed E-state index contributed by atoms with van der Waals surface area (Å²) in [5.41, 5.74) is 0.834. The van der Waals surface area contributed by atoms with Crippen LogP contribution in [-0.4, -0.2) is 38.7 Å². The molecule has 18 heavy (non-hydrogen) atoms. The van der Waals surface area contributed by atoms with Crippen molar-refractivity contribution in [2.45, 2.75) is 24.7 Å². The molecular weight excluding hydrogens is 261 g/mol. The van der Waals surface area contributed by atoms with Gasteiger partial charge in [-0.3, -0.25) is 9.51 Å². The predicted molar refractivity (Wildman–Crippen MR) is 60.5 cm³/mol. The van der Waals surface area contributed by atoms with E-state index in [1.54, 1.807) is 24.5 Å². The van der Waals surface area contributed by atoms with Crippen LogP contribution < -0.4 is 0 Å². The Morgan fingerprint density at radius 3 is 2.67 bits per heavy atom. The third-order valence-corrected chi connectivity index (χ3v) is 3.28. The first-order valence-corrected chi connectivity index (χ1v) is 6.93. The summed E-state index contributed by atoms with van der Waals surface area (Å²) in [7, 11) is -4.59. The van der Waals surface area contributed by atoms with Crippen molar-refractivity contribution in [3.63, 3.8) is 0 Å². The van der Waals surface area contributed by atoms with Crippen molar-refractivity contribution < 1.29 is 28.7 Å². The van der Waals surface area contributed by atoms with Gasteiger partial charge in [0.2, 0.25) is 0 Å². The molecule has 0 saturated carbocycles. The summed E-state index contributed by atoms with van der Waals surface area (Å²) >= 11 is 0. The monoisotopic (exact) mass is 275 g/mol. The highest BCUT2D eigenvalue weighted by atomic mass is 31.2. The van der Waals surface area contributed by atoms with Crippen LogP contribution in [0, 0.1) is 0 Å². The van der Waals surface area contributed by atoms with Gasteiger partial charge in [-0.2, -0.15) is 0 Å². The quantitative estimate of drug-likeness (QED) is 0.681. The van der Waals surface area contributed by atoms with E-state index in [1.165, 1.54) is 0 Å². The average Bonchev–Trinajstić information content (AvgIpc) is 2.71. The molecule has 1 aliphatic rings. The van der Waals surface area contributed by atoms with Gasteiger partial charge in [-0.15, -0.1) is 0 Å². The van der Waals surface area contributed by atoms with Crippen LogP contribution in [0.1, 0.15) is 18.1 Å². The molecule has 0 amide bonds. The predicted octanol–water partition coefficient (Wildman–Crippen LogP) is 0.382. The maximum absolute atomic E-state index is 10.8. The lowest BCUT2D eigenvalue weighted by Crippen LogP contribution is -2.26. The van der Waals surface area contributed by atoms with E-state index in [9.17, 15) is 4.57 Å². The van der Waals surface area contributed by atoms with Gasteiger partial charge in [0, 0.05) is 18.8 Å². The van der Waals surface area contributed by atoms with Crippen molar-refractivity contribution in [3.05, 3.63) is 30.1 Å².